The van der Waals surface area contributed by atoms with Gasteiger partial charge in [0.15, 0.2) is 0 Å². The summed E-state index contributed by atoms with van der Waals surface area (Å²) in [6.45, 7) is 0. The minimum absolute atomic E-state index is 0.0639. The van der Waals surface area contributed by atoms with Gasteiger partial charge in [0.2, 0.25) is 5.13 Å². The number of hydrogen-bond donors (Lipinski definition) is 3. The molecule has 9 nitrogen and oxygen atoms in total. The molecule has 0 aromatic carbocycles. The van der Waals surface area contributed by atoms with Gasteiger partial charge in [0, 0.05) is 6.42 Å². The van der Waals surface area contributed by atoms with Crippen LogP contribution in [0.1, 0.15) is 12.8 Å². The summed E-state index contributed by atoms with van der Waals surface area (Å²) in [7, 11) is 1.20. The number of anilines is 1. The molecular weight excluding hydrogens is 276 g/mol. The van der Waals surface area contributed by atoms with E-state index in [2.05, 4.69) is 25.6 Å². The van der Waals surface area contributed by atoms with Gasteiger partial charge in [0.25, 0.3) is 0 Å². The molecule has 1 aromatic heterocycles. The number of carbonyl (C=O) groups is 3. The zero-order valence-corrected chi connectivity index (χ0v) is 10.8. The lowest BCUT2D eigenvalue weighted by Gasteiger charge is -2.13. The van der Waals surface area contributed by atoms with Crippen molar-refractivity contribution in [3.05, 3.63) is 5.51 Å². The van der Waals surface area contributed by atoms with Gasteiger partial charge in [-0.2, -0.15) is 0 Å². The monoisotopic (exact) mass is 288 g/mol. The van der Waals surface area contributed by atoms with E-state index in [4.69, 9.17) is 5.11 Å². The van der Waals surface area contributed by atoms with E-state index in [1.807, 2.05) is 0 Å². The van der Waals surface area contributed by atoms with E-state index in [0.717, 1.165) is 11.3 Å². The number of esters is 1. The molecule has 0 aliphatic carbocycles. The number of carboxylic acid groups (broad SMARTS) is 1. The second-order valence-corrected chi connectivity index (χ2v) is 4.18. The molecule has 0 saturated carbocycles. The van der Waals surface area contributed by atoms with Crippen molar-refractivity contribution in [3.8, 4) is 0 Å². The Labute approximate surface area is 112 Å². The smallest absolute Gasteiger partial charge is 0.326 e. The Bertz CT molecular complexity index is 449. The Morgan fingerprint density at radius 1 is 1.53 bits per heavy atom. The first-order valence-corrected chi connectivity index (χ1v) is 6.04. The Kier molecular flexibility index (Phi) is 5.67. The van der Waals surface area contributed by atoms with Crippen molar-refractivity contribution in [1.82, 2.24) is 15.5 Å². The lowest BCUT2D eigenvalue weighted by atomic mass is 10.1. The average molecular weight is 288 g/mol. The van der Waals surface area contributed by atoms with Crippen LogP contribution in [-0.2, 0) is 14.3 Å². The van der Waals surface area contributed by atoms with Crippen LogP contribution in [0, 0.1) is 0 Å². The number of urea groups is 1. The fourth-order valence-electron chi connectivity index (χ4n) is 1.14. The maximum Gasteiger partial charge on any atom is 0.326 e. The van der Waals surface area contributed by atoms with Crippen LogP contribution in [0.2, 0.25) is 0 Å². The number of aliphatic carboxylic acids is 1. The van der Waals surface area contributed by atoms with Crippen LogP contribution in [0.15, 0.2) is 5.51 Å². The van der Waals surface area contributed by atoms with E-state index in [0.29, 0.717) is 0 Å². The van der Waals surface area contributed by atoms with Gasteiger partial charge >= 0.3 is 18.0 Å². The quantitative estimate of drug-likeness (QED) is 0.631. The molecule has 1 heterocycles. The first kappa shape index (κ1) is 14.8. The zero-order valence-electron chi connectivity index (χ0n) is 9.95. The topological polar surface area (TPSA) is 131 Å². The average Bonchev–Trinajstić information content (AvgIpc) is 2.86. The van der Waals surface area contributed by atoms with Crippen LogP contribution in [0.25, 0.3) is 0 Å². The van der Waals surface area contributed by atoms with E-state index in [9.17, 15) is 14.4 Å². The molecule has 1 atom stereocenters. The molecule has 0 unspecified atom stereocenters. The number of amides is 2. The molecule has 0 bridgehead atoms. The lowest BCUT2D eigenvalue weighted by Crippen LogP contribution is -2.43. The second-order valence-electron chi connectivity index (χ2n) is 3.35. The van der Waals surface area contributed by atoms with Crippen molar-refractivity contribution >= 4 is 34.4 Å². The number of aromatic nitrogens is 2. The summed E-state index contributed by atoms with van der Waals surface area (Å²) < 4.78 is 4.39. The highest BCUT2D eigenvalue weighted by Gasteiger charge is 2.21. The lowest BCUT2D eigenvalue weighted by molar-refractivity contribution is -0.142. The van der Waals surface area contributed by atoms with Gasteiger partial charge in [-0.25, -0.2) is 9.59 Å². The van der Waals surface area contributed by atoms with Gasteiger partial charge in [-0.3, -0.25) is 10.1 Å². The van der Waals surface area contributed by atoms with Gasteiger partial charge < -0.3 is 15.2 Å². The van der Waals surface area contributed by atoms with Crippen LogP contribution >= 0.6 is 11.3 Å². The molecule has 0 radical (unpaired) electrons. The molecule has 10 heteroatoms. The molecular formula is C9H12N4O5S. The van der Waals surface area contributed by atoms with Gasteiger partial charge in [-0.15, -0.1) is 10.2 Å². The molecule has 19 heavy (non-hydrogen) atoms. The first-order valence-electron chi connectivity index (χ1n) is 5.16. The van der Waals surface area contributed by atoms with Gasteiger partial charge in [0.05, 0.1) is 7.11 Å². The Hall–Kier alpha value is -2.23. The molecule has 2 amide bonds. The molecule has 3 N–H and O–H groups in total. The van der Waals surface area contributed by atoms with Crippen LogP contribution in [0.5, 0.6) is 0 Å². The maximum absolute atomic E-state index is 11.5. The Morgan fingerprint density at radius 3 is 2.79 bits per heavy atom. The maximum atomic E-state index is 11.5. The van der Waals surface area contributed by atoms with Gasteiger partial charge in [0.1, 0.15) is 11.6 Å². The molecule has 104 valence electrons. The molecule has 0 spiro atoms. The number of rotatable bonds is 6. The highest BCUT2D eigenvalue weighted by atomic mass is 32.1. The van der Waals surface area contributed by atoms with E-state index < -0.39 is 24.0 Å². The minimum Gasteiger partial charge on any atom is -0.480 e. The van der Waals surface area contributed by atoms with Crippen LogP contribution in [0.3, 0.4) is 0 Å². The van der Waals surface area contributed by atoms with Crippen molar-refractivity contribution in [2.24, 2.45) is 0 Å². The largest absolute Gasteiger partial charge is 0.480 e. The van der Waals surface area contributed by atoms with E-state index >= 15 is 0 Å². The third-order valence-corrected chi connectivity index (χ3v) is 2.66. The summed E-state index contributed by atoms with van der Waals surface area (Å²) >= 11 is 1.09. The number of ether oxygens (including phenoxy) is 1. The summed E-state index contributed by atoms with van der Waals surface area (Å²) in [5.41, 5.74) is 1.42. The molecule has 0 fully saturated rings. The molecule has 1 rings (SSSR count). The first-order chi connectivity index (χ1) is 9.02. The van der Waals surface area contributed by atoms with Crippen LogP contribution in [-0.4, -0.2) is 46.4 Å². The van der Waals surface area contributed by atoms with E-state index in [1.165, 1.54) is 12.6 Å². The van der Waals surface area contributed by atoms with Crippen LogP contribution < -0.4 is 10.6 Å². The Balaban J connectivity index is 2.46. The number of methoxy groups -OCH3 is 1. The van der Waals surface area contributed by atoms with Crippen molar-refractivity contribution in [3.63, 3.8) is 0 Å². The third kappa shape index (κ3) is 5.29. The molecule has 0 aliphatic rings. The van der Waals surface area contributed by atoms with Crippen molar-refractivity contribution in [2.75, 3.05) is 12.4 Å². The number of nitrogens with one attached hydrogen (secondary N) is 2. The summed E-state index contributed by atoms with van der Waals surface area (Å²) in [5.74, 6) is -1.78. The fraction of sp³-hybridized carbons (Fsp3) is 0.444. The summed E-state index contributed by atoms with van der Waals surface area (Å²) in [6, 6.07) is -1.92. The van der Waals surface area contributed by atoms with Crippen LogP contribution in [0.4, 0.5) is 9.93 Å². The second kappa shape index (κ2) is 7.26. The predicted octanol–water partition coefficient (Wildman–Crippen LogP) is 0.0660. The number of carboxylic acids is 1. The Morgan fingerprint density at radius 2 is 2.26 bits per heavy atom. The normalized spacial score (nSPS) is 11.4. The molecule has 0 aliphatic heterocycles. The summed E-state index contributed by atoms with van der Waals surface area (Å²) in [5, 5.41) is 20.8. The van der Waals surface area contributed by atoms with Crippen molar-refractivity contribution < 1.29 is 24.2 Å². The highest BCUT2D eigenvalue weighted by molar-refractivity contribution is 7.13. The molecule has 1 aromatic rings. The number of nitrogens with zero attached hydrogens (tertiary/aromatic N) is 2. The standard InChI is InChI=1S/C9H12N4O5S/c1-18-6(14)3-2-5(7(15)16)11-8(17)12-9-13-10-4-19-9/h4-5H,2-3H2,1H3,(H,15,16)(H2,11,12,13,17)/t5-/m0/s1. The van der Waals surface area contributed by atoms with Gasteiger partial charge in [-0.1, -0.05) is 11.3 Å². The minimum atomic E-state index is -1.24. The third-order valence-electron chi connectivity index (χ3n) is 2.05. The van der Waals surface area contributed by atoms with E-state index in [1.54, 1.807) is 0 Å². The van der Waals surface area contributed by atoms with Crippen molar-refractivity contribution in [1.29, 1.82) is 0 Å². The number of carbonyl (C=O) groups excluding carboxylic acids is 2. The predicted molar refractivity (Wildman–Crippen MR) is 64.7 cm³/mol. The number of hydrogen-bond acceptors (Lipinski definition) is 7. The van der Waals surface area contributed by atoms with Crippen molar-refractivity contribution in [2.45, 2.75) is 18.9 Å². The van der Waals surface area contributed by atoms with E-state index in [-0.39, 0.29) is 18.0 Å². The molecule has 0 saturated heterocycles. The summed E-state index contributed by atoms with van der Waals surface area (Å²) in [4.78, 5) is 33.3. The summed E-state index contributed by atoms with van der Waals surface area (Å²) in [6.07, 6.45) is -0.169. The highest BCUT2D eigenvalue weighted by Crippen LogP contribution is 2.07. The SMILES string of the molecule is COC(=O)CC[C@H](NC(=O)Nc1nncs1)C(=O)O. The zero-order chi connectivity index (χ0) is 14.3. The van der Waals surface area contributed by atoms with Gasteiger partial charge in [-0.05, 0) is 6.42 Å². The fourth-order valence-corrected chi connectivity index (χ4v) is 1.58.